The number of rotatable bonds is 1. The molecule has 0 aromatic carbocycles. The van der Waals surface area contributed by atoms with E-state index < -0.39 is 0 Å². The zero-order valence-corrected chi connectivity index (χ0v) is 9.80. The molecule has 1 saturated heterocycles. The molecule has 0 bridgehead atoms. The lowest BCUT2D eigenvalue weighted by Gasteiger charge is -2.31. The van der Waals surface area contributed by atoms with E-state index in [1.165, 1.54) is 17.9 Å². The fourth-order valence-corrected chi connectivity index (χ4v) is 3.97. The standard InChI is InChI=1S/C9H19NS2/c1-7(2)9(3)4-5-11-8(10)12-6-9/h7-8H,4-6,10H2,1-3H3. The Bertz CT molecular complexity index is 149. The summed E-state index contributed by atoms with van der Waals surface area (Å²) in [4.78, 5) is 0. The maximum absolute atomic E-state index is 5.88. The van der Waals surface area contributed by atoms with E-state index in [0.717, 1.165) is 5.92 Å². The summed E-state index contributed by atoms with van der Waals surface area (Å²) in [5.41, 5.74) is 6.39. The maximum Gasteiger partial charge on any atom is 0.0976 e. The molecule has 1 nitrogen and oxygen atoms in total. The van der Waals surface area contributed by atoms with Crippen LogP contribution >= 0.6 is 23.5 Å². The lowest BCUT2D eigenvalue weighted by atomic mass is 9.79. The van der Waals surface area contributed by atoms with Gasteiger partial charge >= 0.3 is 0 Å². The van der Waals surface area contributed by atoms with Gasteiger partial charge in [0.15, 0.2) is 0 Å². The van der Waals surface area contributed by atoms with Crippen molar-refractivity contribution in [1.29, 1.82) is 0 Å². The van der Waals surface area contributed by atoms with Crippen LogP contribution in [-0.4, -0.2) is 16.2 Å². The van der Waals surface area contributed by atoms with E-state index in [2.05, 4.69) is 20.8 Å². The third-order valence-corrected chi connectivity index (χ3v) is 5.67. The van der Waals surface area contributed by atoms with Crippen molar-refractivity contribution in [2.75, 3.05) is 11.5 Å². The van der Waals surface area contributed by atoms with Crippen molar-refractivity contribution in [3.63, 3.8) is 0 Å². The highest BCUT2D eigenvalue weighted by atomic mass is 32.2. The summed E-state index contributed by atoms with van der Waals surface area (Å²) in [6.45, 7) is 7.04. The summed E-state index contributed by atoms with van der Waals surface area (Å²) in [5, 5.41) is 0. The molecule has 1 aliphatic heterocycles. The Morgan fingerprint density at radius 1 is 1.42 bits per heavy atom. The predicted octanol–water partition coefficient (Wildman–Crippen LogP) is 2.76. The number of nitrogens with two attached hydrogens (primary N) is 1. The van der Waals surface area contributed by atoms with Gasteiger partial charge in [-0.3, -0.25) is 0 Å². The SMILES string of the molecule is CC(C)C1(C)CCSC(N)SC1. The first-order valence-electron chi connectivity index (χ1n) is 4.53. The second-order valence-corrected chi connectivity index (χ2v) is 6.79. The van der Waals surface area contributed by atoms with E-state index in [1.54, 1.807) is 0 Å². The largest absolute Gasteiger partial charge is 0.311 e. The molecule has 1 fully saturated rings. The van der Waals surface area contributed by atoms with Crippen molar-refractivity contribution >= 4 is 23.5 Å². The molecular formula is C9H19NS2. The lowest BCUT2D eigenvalue weighted by molar-refractivity contribution is 0.250. The number of thioether (sulfide) groups is 2. The second-order valence-electron chi connectivity index (χ2n) is 4.11. The van der Waals surface area contributed by atoms with E-state index in [-0.39, 0.29) is 0 Å². The van der Waals surface area contributed by atoms with Gasteiger partial charge in [0.2, 0.25) is 0 Å². The maximum atomic E-state index is 5.88. The first-order valence-corrected chi connectivity index (χ1v) is 6.63. The number of hydrogen-bond acceptors (Lipinski definition) is 3. The van der Waals surface area contributed by atoms with Crippen LogP contribution in [0.5, 0.6) is 0 Å². The van der Waals surface area contributed by atoms with Gasteiger partial charge in [0, 0.05) is 5.75 Å². The molecular weight excluding hydrogens is 186 g/mol. The van der Waals surface area contributed by atoms with Crippen molar-refractivity contribution in [2.45, 2.75) is 31.9 Å². The van der Waals surface area contributed by atoms with Crippen LogP contribution in [0.2, 0.25) is 0 Å². The van der Waals surface area contributed by atoms with E-state index in [9.17, 15) is 0 Å². The van der Waals surface area contributed by atoms with Crippen LogP contribution < -0.4 is 5.73 Å². The minimum atomic E-state index is 0.311. The normalized spacial score (nSPS) is 38.2. The minimum Gasteiger partial charge on any atom is -0.311 e. The quantitative estimate of drug-likeness (QED) is 0.713. The zero-order valence-electron chi connectivity index (χ0n) is 8.17. The van der Waals surface area contributed by atoms with E-state index in [4.69, 9.17) is 5.73 Å². The highest BCUT2D eigenvalue weighted by Crippen LogP contribution is 2.41. The molecule has 0 radical (unpaired) electrons. The van der Waals surface area contributed by atoms with Gasteiger partial charge < -0.3 is 5.73 Å². The molecule has 1 heterocycles. The van der Waals surface area contributed by atoms with Gasteiger partial charge in [-0.1, -0.05) is 20.8 Å². The highest BCUT2D eigenvalue weighted by molar-refractivity contribution is 8.17. The molecule has 0 amide bonds. The Morgan fingerprint density at radius 3 is 2.67 bits per heavy atom. The van der Waals surface area contributed by atoms with Crippen LogP contribution in [0.1, 0.15) is 27.2 Å². The van der Waals surface area contributed by atoms with Crippen molar-refractivity contribution < 1.29 is 0 Å². The molecule has 0 aromatic heterocycles. The van der Waals surface area contributed by atoms with E-state index >= 15 is 0 Å². The van der Waals surface area contributed by atoms with Crippen LogP contribution in [0.3, 0.4) is 0 Å². The van der Waals surface area contributed by atoms with Crippen LogP contribution in [0.4, 0.5) is 0 Å². The van der Waals surface area contributed by atoms with Gasteiger partial charge in [-0.05, 0) is 23.5 Å². The van der Waals surface area contributed by atoms with E-state index in [1.807, 2.05) is 23.5 Å². The van der Waals surface area contributed by atoms with E-state index in [0.29, 0.717) is 10.1 Å². The fraction of sp³-hybridized carbons (Fsp3) is 1.00. The Kier molecular flexibility index (Phi) is 3.80. The summed E-state index contributed by atoms with van der Waals surface area (Å²) >= 11 is 3.81. The second kappa shape index (κ2) is 4.25. The topological polar surface area (TPSA) is 26.0 Å². The average Bonchev–Trinajstić information content (AvgIpc) is 2.15. The summed E-state index contributed by atoms with van der Waals surface area (Å²) in [7, 11) is 0. The van der Waals surface area contributed by atoms with Gasteiger partial charge in [-0.15, -0.1) is 23.5 Å². The molecule has 72 valence electrons. The van der Waals surface area contributed by atoms with Gasteiger partial charge in [0.25, 0.3) is 0 Å². The van der Waals surface area contributed by atoms with Crippen LogP contribution in [-0.2, 0) is 0 Å². The Morgan fingerprint density at radius 2 is 2.08 bits per heavy atom. The smallest absolute Gasteiger partial charge is 0.0976 e. The molecule has 1 aliphatic rings. The molecule has 1 rings (SSSR count). The molecule has 2 N–H and O–H groups in total. The van der Waals surface area contributed by atoms with Crippen LogP contribution in [0.25, 0.3) is 0 Å². The molecule has 0 spiro atoms. The monoisotopic (exact) mass is 205 g/mol. The first-order chi connectivity index (χ1) is 5.54. The molecule has 0 saturated carbocycles. The van der Waals surface area contributed by atoms with Crippen molar-refractivity contribution in [3.05, 3.63) is 0 Å². The molecule has 0 aromatic rings. The van der Waals surface area contributed by atoms with Crippen molar-refractivity contribution in [3.8, 4) is 0 Å². The van der Waals surface area contributed by atoms with Crippen molar-refractivity contribution in [2.24, 2.45) is 17.1 Å². The molecule has 3 heteroatoms. The van der Waals surface area contributed by atoms with Gasteiger partial charge in [-0.25, -0.2) is 0 Å². The molecule has 12 heavy (non-hydrogen) atoms. The fourth-order valence-electron chi connectivity index (χ4n) is 1.26. The summed E-state index contributed by atoms with van der Waals surface area (Å²) in [5.74, 6) is 3.22. The van der Waals surface area contributed by atoms with Crippen LogP contribution in [0.15, 0.2) is 0 Å². The lowest BCUT2D eigenvalue weighted by Crippen LogP contribution is -2.26. The third-order valence-electron chi connectivity index (χ3n) is 2.93. The summed E-state index contributed by atoms with van der Waals surface area (Å²) in [6, 6.07) is 0. The first kappa shape index (κ1) is 10.7. The molecule has 2 atom stereocenters. The third kappa shape index (κ3) is 2.57. The molecule has 0 aliphatic carbocycles. The average molecular weight is 205 g/mol. The van der Waals surface area contributed by atoms with Gasteiger partial charge in [0.1, 0.15) is 0 Å². The Labute approximate surface area is 84.2 Å². The number of hydrogen-bond donors (Lipinski definition) is 1. The van der Waals surface area contributed by atoms with Crippen LogP contribution in [0, 0.1) is 11.3 Å². The molecule has 2 unspecified atom stereocenters. The predicted molar refractivity (Wildman–Crippen MR) is 60.5 cm³/mol. The zero-order chi connectivity index (χ0) is 9.19. The van der Waals surface area contributed by atoms with Crippen molar-refractivity contribution in [1.82, 2.24) is 0 Å². The van der Waals surface area contributed by atoms with Gasteiger partial charge in [0.05, 0.1) is 4.71 Å². The highest BCUT2D eigenvalue weighted by Gasteiger charge is 2.31. The van der Waals surface area contributed by atoms with Gasteiger partial charge in [-0.2, -0.15) is 0 Å². The Hall–Kier alpha value is 0.660. The Balaban J connectivity index is 2.55. The minimum absolute atomic E-state index is 0.311. The summed E-state index contributed by atoms with van der Waals surface area (Å²) < 4.78 is 0.311. The summed E-state index contributed by atoms with van der Waals surface area (Å²) in [6.07, 6.45) is 1.32.